The summed E-state index contributed by atoms with van der Waals surface area (Å²) in [4.78, 5) is 43.3. The Morgan fingerprint density at radius 2 is 2.00 bits per heavy atom. The van der Waals surface area contributed by atoms with E-state index in [2.05, 4.69) is 31.8 Å². The molecule has 1 N–H and O–H groups in total. The van der Waals surface area contributed by atoms with E-state index in [0.29, 0.717) is 46.7 Å². The van der Waals surface area contributed by atoms with Crippen molar-refractivity contribution in [2.75, 3.05) is 18.4 Å². The molecule has 4 aromatic rings. The first-order valence-electron chi connectivity index (χ1n) is 13.1. The summed E-state index contributed by atoms with van der Waals surface area (Å²) in [5.74, 6) is -4.08. The van der Waals surface area contributed by atoms with Crippen LogP contribution in [-0.2, 0) is 10.7 Å². The topological polar surface area (TPSA) is 119 Å². The van der Waals surface area contributed by atoms with Gasteiger partial charge in [-0.25, -0.2) is 23.7 Å². The first kappa shape index (κ1) is 28.2. The Labute approximate surface area is 239 Å². The van der Waals surface area contributed by atoms with Crippen LogP contribution in [0.25, 0.3) is 22.2 Å². The lowest BCUT2D eigenvalue weighted by molar-refractivity contribution is -0.127. The van der Waals surface area contributed by atoms with E-state index in [1.165, 1.54) is 36.9 Å². The number of piperidine rings is 1. The monoisotopic (exact) mass is 580 g/mol. The molecule has 0 aliphatic carbocycles. The van der Waals surface area contributed by atoms with Gasteiger partial charge in [-0.15, -0.1) is 0 Å². The molecule has 0 aromatic carbocycles. The Kier molecular flexibility index (Phi) is 8.02. The zero-order valence-corrected chi connectivity index (χ0v) is 23.0. The molecule has 1 atom stereocenters. The molecular formula is C28H27ClF2N8O2. The highest BCUT2D eigenvalue weighted by Crippen LogP contribution is 2.35. The summed E-state index contributed by atoms with van der Waals surface area (Å²) >= 11 is 6.55. The number of rotatable bonds is 8. The number of nitrogens with one attached hydrogen (secondary N) is 1. The molecule has 0 bridgehead atoms. The number of aromatic nitrogens is 6. The van der Waals surface area contributed by atoms with E-state index in [4.69, 9.17) is 16.7 Å². The predicted molar refractivity (Wildman–Crippen MR) is 150 cm³/mol. The van der Waals surface area contributed by atoms with Gasteiger partial charge >= 0.3 is 0 Å². The number of halogens is 3. The maximum absolute atomic E-state index is 14.3. The molecule has 212 valence electrons. The number of alkyl halides is 2. The normalized spacial score (nSPS) is 15.6. The molecule has 0 saturated carbocycles. The fourth-order valence-corrected chi connectivity index (χ4v) is 5.18. The summed E-state index contributed by atoms with van der Waals surface area (Å²) in [6.45, 7) is 6.35. The van der Waals surface area contributed by atoms with Gasteiger partial charge in [0.1, 0.15) is 11.5 Å². The summed E-state index contributed by atoms with van der Waals surface area (Å²) in [5.41, 5.74) is 1.47. The van der Waals surface area contributed by atoms with Crippen molar-refractivity contribution in [2.24, 2.45) is 0 Å². The molecule has 0 spiro atoms. The molecule has 1 saturated heterocycles. The third-order valence-corrected chi connectivity index (χ3v) is 7.19. The van der Waals surface area contributed by atoms with Gasteiger partial charge in [0.25, 0.3) is 11.8 Å². The van der Waals surface area contributed by atoms with Crippen LogP contribution in [0, 0.1) is 0 Å². The van der Waals surface area contributed by atoms with Gasteiger partial charge in [0.15, 0.2) is 0 Å². The third-order valence-electron chi connectivity index (χ3n) is 6.91. The highest BCUT2D eigenvalue weighted by molar-refractivity contribution is 6.35. The first-order valence-corrected chi connectivity index (χ1v) is 13.5. The standard InChI is InChI=1S/C28H27ClF2N8O2/c1-3-8-28(30,31)18-7-9-33-22(11-18)36-27(41)26-34-12-17(13-35-26)24-20-14-32-15-21(29)25(20)39(37-24)19-6-5-10-38(16-19)23(40)4-2/h4,7,9,11-15,19H,2-3,5-6,8,10,16H2,1H3,(H,33,36,41)/t19-/m1/s1. The van der Waals surface area contributed by atoms with E-state index in [9.17, 15) is 18.4 Å². The van der Waals surface area contributed by atoms with Crippen LogP contribution in [0.1, 0.15) is 54.8 Å². The molecule has 1 aliphatic rings. The van der Waals surface area contributed by atoms with E-state index in [-0.39, 0.29) is 35.6 Å². The quantitative estimate of drug-likeness (QED) is 0.276. The van der Waals surface area contributed by atoms with Gasteiger partial charge in [-0.2, -0.15) is 5.10 Å². The molecule has 5 rings (SSSR count). The zero-order chi connectivity index (χ0) is 29.1. The Morgan fingerprint density at radius 1 is 1.22 bits per heavy atom. The molecule has 2 amide bonds. The number of carbonyl (C=O) groups is 2. The maximum atomic E-state index is 14.3. The lowest BCUT2D eigenvalue weighted by atomic mass is 10.1. The molecule has 1 aliphatic heterocycles. The number of anilines is 1. The van der Waals surface area contributed by atoms with Gasteiger partial charge in [0.05, 0.1) is 16.6 Å². The van der Waals surface area contributed by atoms with Crippen molar-refractivity contribution in [3.63, 3.8) is 0 Å². The van der Waals surface area contributed by atoms with Crippen LogP contribution in [0.3, 0.4) is 0 Å². The van der Waals surface area contributed by atoms with Gasteiger partial charge in [-0.05, 0) is 31.1 Å². The van der Waals surface area contributed by atoms with Crippen LogP contribution in [0.4, 0.5) is 14.6 Å². The van der Waals surface area contributed by atoms with Gasteiger partial charge in [0, 0.05) is 67.0 Å². The SMILES string of the molecule is C=CC(=O)N1CCC[C@@H](n2nc(-c3cnc(C(=O)Nc4cc(C(F)(F)CCC)ccn4)nc3)c3cncc(Cl)c32)C1. The number of nitrogens with zero attached hydrogens (tertiary/aromatic N) is 7. The summed E-state index contributed by atoms with van der Waals surface area (Å²) in [7, 11) is 0. The van der Waals surface area contributed by atoms with Crippen LogP contribution >= 0.6 is 11.6 Å². The Morgan fingerprint density at radius 3 is 2.73 bits per heavy atom. The van der Waals surface area contributed by atoms with Crippen molar-refractivity contribution in [3.8, 4) is 11.3 Å². The van der Waals surface area contributed by atoms with E-state index in [0.717, 1.165) is 18.9 Å². The third kappa shape index (κ3) is 5.78. The highest BCUT2D eigenvalue weighted by atomic mass is 35.5. The number of carbonyl (C=O) groups excluding carboxylic acids is 2. The second-order valence-electron chi connectivity index (χ2n) is 9.73. The molecule has 13 heteroatoms. The molecular weight excluding hydrogens is 554 g/mol. The van der Waals surface area contributed by atoms with Crippen LogP contribution in [-0.4, -0.2) is 59.5 Å². The Hall–Kier alpha value is -4.32. The predicted octanol–water partition coefficient (Wildman–Crippen LogP) is 5.43. The maximum Gasteiger partial charge on any atom is 0.294 e. The van der Waals surface area contributed by atoms with Crippen molar-refractivity contribution in [2.45, 2.75) is 44.6 Å². The van der Waals surface area contributed by atoms with Gasteiger partial charge in [-0.1, -0.05) is 31.5 Å². The van der Waals surface area contributed by atoms with E-state index in [1.54, 1.807) is 18.0 Å². The fourth-order valence-electron chi connectivity index (χ4n) is 4.93. The first-order chi connectivity index (χ1) is 19.7. The van der Waals surface area contributed by atoms with Crippen molar-refractivity contribution in [1.29, 1.82) is 0 Å². The second-order valence-corrected chi connectivity index (χ2v) is 10.1. The molecule has 0 unspecified atom stereocenters. The van der Waals surface area contributed by atoms with Gasteiger partial charge < -0.3 is 10.2 Å². The number of hydrogen-bond acceptors (Lipinski definition) is 7. The lowest BCUT2D eigenvalue weighted by Crippen LogP contribution is -2.40. The summed E-state index contributed by atoms with van der Waals surface area (Å²) < 4.78 is 30.5. The van der Waals surface area contributed by atoms with Crippen LogP contribution in [0.15, 0.2) is 55.8 Å². The minimum atomic E-state index is -3.03. The average Bonchev–Trinajstić information content (AvgIpc) is 3.38. The lowest BCUT2D eigenvalue weighted by Gasteiger charge is -2.32. The zero-order valence-electron chi connectivity index (χ0n) is 22.2. The van der Waals surface area contributed by atoms with Crippen LogP contribution < -0.4 is 5.32 Å². The van der Waals surface area contributed by atoms with Crippen molar-refractivity contribution >= 4 is 40.1 Å². The van der Waals surface area contributed by atoms with Crippen molar-refractivity contribution in [3.05, 3.63) is 72.2 Å². The number of amides is 2. The minimum absolute atomic E-state index is 0.0298. The Bertz CT molecular complexity index is 1610. The summed E-state index contributed by atoms with van der Waals surface area (Å²) in [5, 5.41) is 8.37. The largest absolute Gasteiger partial charge is 0.337 e. The van der Waals surface area contributed by atoms with E-state index >= 15 is 0 Å². The number of likely N-dealkylation sites (tertiary alicyclic amines) is 1. The number of hydrogen-bond donors (Lipinski definition) is 1. The smallest absolute Gasteiger partial charge is 0.294 e. The second kappa shape index (κ2) is 11.7. The average molecular weight is 581 g/mol. The van der Waals surface area contributed by atoms with Gasteiger partial charge in [-0.3, -0.25) is 19.3 Å². The highest BCUT2D eigenvalue weighted by Gasteiger charge is 2.31. The van der Waals surface area contributed by atoms with Crippen molar-refractivity contribution in [1.82, 2.24) is 34.6 Å². The molecule has 4 aromatic heterocycles. The molecule has 10 nitrogen and oxygen atoms in total. The molecule has 5 heterocycles. The number of fused-ring (bicyclic) bond motifs is 1. The van der Waals surface area contributed by atoms with Crippen molar-refractivity contribution < 1.29 is 18.4 Å². The summed E-state index contributed by atoms with van der Waals surface area (Å²) in [6, 6.07) is 2.25. The molecule has 1 fully saturated rings. The molecule has 41 heavy (non-hydrogen) atoms. The molecule has 0 radical (unpaired) electrons. The fraction of sp³-hybridized carbons (Fsp3) is 0.321. The Balaban J connectivity index is 1.40. The number of pyridine rings is 2. The minimum Gasteiger partial charge on any atom is -0.337 e. The van der Waals surface area contributed by atoms with Crippen LogP contribution in [0.5, 0.6) is 0 Å². The van der Waals surface area contributed by atoms with Gasteiger partial charge in [0.2, 0.25) is 11.7 Å². The van der Waals surface area contributed by atoms with Crippen LogP contribution in [0.2, 0.25) is 5.02 Å². The van der Waals surface area contributed by atoms with E-state index in [1.807, 2.05) is 4.68 Å². The van der Waals surface area contributed by atoms with E-state index < -0.39 is 11.8 Å². The summed E-state index contributed by atoms with van der Waals surface area (Å²) in [6.07, 6.45) is 10.2.